The van der Waals surface area contributed by atoms with Crippen LogP contribution in [-0.4, -0.2) is 35.4 Å². The minimum atomic E-state index is -0.758. The molecule has 190 valence electrons. The maximum Gasteiger partial charge on any atom is 0.243 e. The minimum Gasteiger partial charge on any atom is -0.497 e. The highest BCUT2D eigenvalue weighted by Gasteiger charge is 2.32. The molecule has 0 saturated carbocycles. The largest absolute Gasteiger partial charge is 0.497 e. The summed E-state index contributed by atoms with van der Waals surface area (Å²) in [4.78, 5) is 29.1. The molecule has 0 saturated heterocycles. The van der Waals surface area contributed by atoms with E-state index in [4.69, 9.17) is 27.9 Å². The SMILES string of the molecule is COc1cccc(CN(C(=O)Cc2c(Cl)cccc2Cl)[C@@H](Cc2ccccc2)C(=O)NC(C)(C)C)c1. The zero-order valence-electron chi connectivity index (χ0n) is 21.1. The number of hydrogen-bond donors (Lipinski definition) is 1. The summed E-state index contributed by atoms with van der Waals surface area (Å²) in [5, 5.41) is 3.89. The highest BCUT2D eigenvalue weighted by atomic mass is 35.5. The summed E-state index contributed by atoms with van der Waals surface area (Å²) in [7, 11) is 1.59. The van der Waals surface area contributed by atoms with E-state index in [1.165, 1.54) is 0 Å². The fourth-order valence-electron chi connectivity index (χ4n) is 3.93. The van der Waals surface area contributed by atoms with Gasteiger partial charge in [-0.2, -0.15) is 0 Å². The van der Waals surface area contributed by atoms with E-state index in [9.17, 15) is 9.59 Å². The molecule has 0 aliphatic heterocycles. The topological polar surface area (TPSA) is 58.6 Å². The Morgan fingerprint density at radius 1 is 0.917 bits per heavy atom. The Balaban J connectivity index is 2.04. The molecule has 2 amide bonds. The van der Waals surface area contributed by atoms with Gasteiger partial charge in [-0.1, -0.05) is 71.7 Å². The summed E-state index contributed by atoms with van der Waals surface area (Å²) in [5.74, 6) is 0.193. The normalized spacial score (nSPS) is 12.1. The lowest BCUT2D eigenvalue weighted by atomic mass is 9.99. The van der Waals surface area contributed by atoms with Crippen LogP contribution in [0.5, 0.6) is 5.75 Å². The number of carbonyl (C=O) groups excluding carboxylic acids is 2. The smallest absolute Gasteiger partial charge is 0.243 e. The molecule has 1 atom stereocenters. The number of amides is 2. The number of hydrogen-bond acceptors (Lipinski definition) is 3. The highest BCUT2D eigenvalue weighted by Crippen LogP contribution is 2.27. The van der Waals surface area contributed by atoms with E-state index < -0.39 is 11.6 Å². The van der Waals surface area contributed by atoms with Crippen LogP contribution in [0.4, 0.5) is 0 Å². The van der Waals surface area contributed by atoms with Crippen molar-refractivity contribution in [2.24, 2.45) is 0 Å². The molecule has 0 radical (unpaired) electrons. The van der Waals surface area contributed by atoms with E-state index in [2.05, 4.69) is 5.32 Å². The number of benzene rings is 3. The first-order valence-corrected chi connectivity index (χ1v) is 12.5. The molecule has 3 aromatic rings. The Kier molecular flexibility index (Phi) is 9.41. The van der Waals surface area contributed by atoms with Gasteiger partial charge in [0.05, 0.1) is 13.5 Å². The molecule has 0 fully saturated rings. The first-order valence-electron chi connectivity index (χ1n) is 11.8. The Bertz CT molecular complexity index is 1170. The van der Waals surface area contributed by atoms with Crippen molar-refractivity contribution in [1.82, 2.24) is 10.2 Å². The number of rotatable bonds is 9. The van der Waals surface area contributed by atoms with Crippen molar-refractivity contribution in [3.05, 3.63) is 99.5 Å². The Morgan fingerprint density at radius 3 is 2.14 bits per heavy atom. The van der Waals surface area contributed by atoms with Crippen LogP contribution in [0.1, 0.15) is 37.5 Å². The summed E-state index contributed by atoms with van der Waals surface area (Å²) < 4.78 is 5.38. The van der Waals surface area contributed by atoms with Crippen molar-refractivity contribution in [2.45, 2.75) is 51.7 Å². The van der Waals surface area contributed by atoms with Gasteiger partial charge in [0.1, 0.15) is 11.8 Å². The second-order valence-corrected chi connectivity index (χ2v) is 10.5. The highest BCUT2D eigenvalue weighted by molar-refractivity contribution is 6.36. The predicted octanol–water partition coefficient (Wildman–Crippen LogP) is 6.10. The number of carbonyl (C=O) groups is 2. The van der Waals surface area contributed by atoms with Gasteiger partial charge >= 0.3 is 0 Å². The molecule has 5 nitrogen and oxygen atoms in total. The molecular weight excluding hydrogens is 495 g/mol. The number of halogens is 2. The van der Waals surface area contributed by atoms with Crippen LogP contribution in [0.25, 0.3) is 0 Å². The van der Waals surface area contributed by atoms with Gasteiger partial charge in [0.15, 0.2) is 0 Å². The van der Waals surface area contributed by atoms with E-state index in [-0.39, 0.29) is 24.8 Å². The first kappa shape index (κ1) is 27.6. The van der Waals surface area contributed by atoms with Crippen molar-refractivity contribution in [2.75, 3.05) is 7.11 Å². The summed E-state index contributed by atoms with van der Waals surface area (Å²) in [6.07, 6.45) is 0.325. The monoisotopic (exact) mass is 526 g/mol. The molecule has 3 rings (SSSR count). The van der Waals surface area contributed by atoms with Crippen LogP contribution in [0.15, 0.2) is 72.8 Å². The molecule has 0 unspecified atom stereocenters. The van der Waals surface area contributed by atoms with Crippen molar-refractivity contribution >= 4 is 35.0 Å². The van der Waals surface area contributed by atoms with Gasteiger partial charge in [-0.05, 0) is 61.7 Å². The number of methoxy groups -OCH3 is 1. The Morgan fingerprint density at radius 2 is 1.53 bits per heavy atom. The standard InChI is InChI=1S/C29H32Cl2N2O3/c1-29(2,3)32-28(35)26(17-20-10-6-5-7-11-20)33(19-21-12-8-13-22(16-21)36-4)27(34)18-23-24(30)14-9-15-25(23)31/h5-16,26H,17-19H2,1-4H3,(H,32,35)/t26-/m0/s1. The van der Waals surface area contributed by atoms with Gasteiger partial charge in [-0.15, -0.1) is 0 Å². The molecule has 0 aliphatic carbocycles. The first-order chi connectivity index (χ1) is 17.1. The Labute approximate surface area is 223 Å². The number of ether oxygens (including phenoxy) is 1. The van der Waals surface area contributed by atoms with Gasteiger partial charge in [0.2, 0.25) is 11.8 Å². The third-order valence-electron chi connectivity index (χ3n) is 5.65. The summed E-state index contributed by atoms with van der Waals surface area (Å²) >= 11 is 12.8. The summed E-state index contributed by atoms with van der Waals surface area (Å²) in [5.41, 5.74) is 1.86. The van der Waals surface area contributed by atoms with Crippen LogP contribution in [0.2, 0.25) is 10.0 Å². The van der Waals surface area contributed by atoms with E-state index >= 15 is 0 Å². The van der Waals surface area contributed by atoms with Crippen LogP contribution < -0.4 is 10.1 Å². The molecule has 3 aromatic carbocycles. The van der Waals surface area contributed by atoms with Gasteiger partial charge in [0, 0.05) is 28.5 Å². The maximum absolute atomic E-state index is 13.9. The zero-order valence-corrected chi connectivity index (χ0v) is 22.6. The van der Waals surface area contributed by atoms with E-state index in [1.807, 2.05) is 75.4 Å². The van der Waals surface area contributed by atoms with Gasteiger partial charge in [0.25, 0.3) is 0 Å². The molecule has 0 heterocycles. The van der Waals surface area contributed by atoms with Crippen LogP contribution in [0.3, 0.4) is 0 Å². The van der Waals surface area contributed by atoms with Crippen LogP contribution in [0, 0.1) is 0 Å². The minimum absolute atomic E-state index is 0.0312. The molecule has 0 bridgehead atoms. The number of nitrogens with zero attached hydrogens (tertiary/aromatic N) is 1. The summed E-state index contributed by atoms with van der Waals surface area (Å²) in [6, 6.07) is 21.5. The van der Waals surface area contributed by atoms with Crippen molar-refractivity contribution < 1.29 is 14.3 Å². The quantitative estimate of drug-likeness (QED) is 0.366. The molecule has 0 spiro atoms. The van der Waals surface area contributed by atoms with Gasteiger partial charge < -0.3 is 15.0 Å². The average Bonchev–Trinajstić information content (AvgIpc) is 2.83. The second-order valence-electron chi connectivity index (χ2n) is 9.69. The van der Waals surface area contributed by atoms with Crippen LogP contribution >= 0.6 is 23.2 Å². The fourth-order valence-corrected chi connectivity index (χ4v) is 4.46. The van der Waals surface area contributed by atoms with E-state index in [1.54, 1.807) is 30.2 Å². The fraction of sp³-hybridized carbons (Fsp3) is 0.310. The predicted molar refractivity (Wildman–Crippen MR) is 146 cm³/mol. The van der Waals surface area contributed by atoms with E-state index in [0.29, 0.717) is 27.8 Å². The second kappa shape index (κ2) is 12.3. The molecule has 7 heteroatoms. The zero-order chi connectivity index (χ0) is 26.3. The van der Waals surface area contributed by atoms with Gasteiger partial charge in [-0.25, -0.2) is 0 Å². The lowest BCUT2D eigenvalue weighted by Gasteiger charge is -2.34. The molecule has 36 heavy (non-hydrogen) atoms. The maximum atomic E-state index is 13.9. The average molecular weight is 527 g/mol. The third kappa shape index (κ3) is 7.74. The van der Waals surface area contributed by atoms with Crippen molar-refractivity contribution in [1.29, 1.82) is 0 Å². The van der Waals surface area contributed by atoms with E-state index in [0.717, 1.165) is 11.1 Å². The molecular formula is C29H32Cl2N2O3. The lowest BCUT2D eigenvalue weighted by molar-refractivity contribution is -0.141. The van der Waals surface area contributed by atoms with Gasteiger partial charge in [-0.3, -0.25) is 9.59 Å². The lowest BCUT2D eigenvalue weighted by Crippen LogP contribution is -2.54. The number of nitrogens with one attached hydrogen (secondary N) is 1. The summed E-state index contributed by atoms with van der Waals surface area (Å²) in [6.45, 7) is 5.97. The van der Waals surface area contributed by atoms with Crippen molar-refractivity contribution in [3.8, 4) is 5.75 Å². The molecule has 0 aliphatic rings. The molecule has 0 aromatic heterocycles. The van der Waals surface area contributed by atoms with Crippen molar-refractivity contribution in [3.63, 3.8) is 0 Å². The third-order valence-corrected chi connectivity index (χ3v) is 6.35. The molecule has 1 N–H and O–H groups in total. The Hall–Kier alpha value is -3.02. The van der Waals surface area contributed by atoms with Crippen LogP contribution in [-0.2, 0) is 29.0 Å².